The van der Waals surface area contributed by atoms with Crippen molar-refractivity contribution in [3.05, 3.63) is 52.2 Å². The second-order valence-electron chi connectivity index (χ2n) is 5.61. The van der Waals surface area contributed by atoms with Crippen molar-refractivity contribution in [1.29, 1.82) is 0 Å². The van der Waals surface area contributed by atoms with Gasteiger partial charge >= 0.3 is 11.8 Å². The zero-order valence-electron chi connectivity index (χ0n) is 12.9. The first-order chi connectivity index (χ1) is 11.6. The molecule has 0 radical (unpaired) electrons. The molecule has 1 unspecified atom stereocenters. The average Bonchev–Trinajstić information content (AvgIpc) is 3.25. The molecule has 1 atom stereocenters. The fourth-order valence-corrected chi connectivity index (χ4v) is 3.59. The molecule has 1 aromatic heterocycles. The van der Waals surface area contributed by atoms with Gasteiger partial charge in [-0.25, -0.2) is 0 Å². The van der Waals surface area contributed by atoms with Crippen molar-refractivity contribution in [2.45, 2.75) is 18.9 Å². The van der Waals surface area contributed by atoms with Crippen LogP contribution in [-0.2, 0) is 9.59 Å². The smallest absolute Gasteiger partial charge is 0.313 e. The van der Waals surface area contributed by atoms with E-state index in [1.807, 2.05) is 16.8 Å². The Morgan fingerprint density at radius 1 is 1.25 bits per heavy atom. The molecule has 1 aliphatic rings. The van der Waals surface area contributed by atoms with Gasteiger partial charge in [-0.2, -0.15) is 11.3 Å². The molecule has 0 spiro atoms. The molecule has 6 nitrogen and oxygen atoms in total. The minimum Gasteiger partial charge on any atom is -0.366 e. The number of amides is 3. The van der Waals surface area contributed by atoms with Crippen molar-refractivity contribution in [1.82, 2.24) is 4.90 Å². The number of nitrogens with two attached hydrogens (primary N) is 1. The van der Waals surface area contributed by atoms with E-state index in [0.717, 1.165) is 18.4 Å². The number of carbonyl (C=O) groups excluding carboxylic acids is 3. The Labute approximate surface area is 143 Å². The lowest BCUT2D eigenvalue weighted by molar-refractivity contribution is -0.143. The predicted molar refractivity (Wildman–Crippen MR) is 91.6 cm³/mol. The Morgan fingerprint density at radius 2 is 2.08 bits per heavy atom. The van der Waals surface area contributed by atoms with Crippen LogP contribution < -0.4 is 11.1 Å². The van der Waals surface area contributed by atoms with E-state index in [9.17, 15) is 14.4 Å². The average molecular weight is 343 g/mol. The number of anilines is 1. The Hall–Kier alpha value is -2.67. The first-order valence-corrected chi connectivity index (χ1v) is 8.54. The van der Waals surface area contributed by atoms with Crippen LogP contribution in [-0.4, -0.2) is 29.2 Å². The molecular weight excluding hydrogens is 326 g/mol. The topological polar surface area (TPSA) is 92.5 Å². The monoisotopic (exact) mass is 343 g/mol. The van der Waals surface area contributed by atoms with Crippen LogP contribution in [0.25, 0.3) is 0 Å². The first kappa shape index (κ1) is 16.2. The Morgan fingerprint density at radius 3 is 2.79 bits per heavy atom. The van der Waals surface area contributed by atoms with E-state index in [0.29, 0.717) is 12.2 Å². The van der Waals surface area contributed by atoms with Gasteiger partial charge in [0.1, 0.15) is 0 Å². The molecule has 2 heterocycles. The maximum atomic E-state index is 12.5. The number of benzene rings is 1. The predicted octanol–water partition coefficient (Wildman–Crippen LogP) is 2.15. The molecule has 3 rings (SSSR count). The minimum atomic E-state index is -0.709. The van der Waals surface area contributed by atoms with Crippen LogP contribution in [0.1, 0.15) is 34.8 Å². The van der Waals surface area contributed by atoms with Crippen molar-refractivity contribution in [2.24, 2.45) is 5.73 Å². The van der Waals surface area contributed by atoms with Crippen molar-refractivity contribution >= 4 is 34.7 Å². The van der Waals surface area contributed by atoms with E-state index < -0.39 is 17.7 Å². The number of likely N-dealkylation sites (tertiary alicyclic amines) is 1. The van der Waals surface area contributed by atoms with Gasteiger partial charge in [0.15, 0.2) is 0 Å². The van der Waals surface area contributed by atoms with Gasteiger partial charge in [0, 0.05) is 17.8 Å². The maximum absolute atomic E-state index is 12.5. The highest BCUT2D eigenvalue weighted by Gasteiger charge is 2.33. The highest BCUT2D eigenvalue weighted by atomic mass is 32.1. The van der Waals surface area contributed by atoms with Crippen molar-refractivity contribution < 1.29 is 14.4 Å². The summed E-state index contributed by atoms with van der Waals surface area (Å²) in [6.07, 6.45) is 1.73. The molecule has 0 saturated carbocycles. The Kier molecular flexibility index (Phi) is 4.61. The quantitative estimate of drug-likeness (QED) is 0.836. The molecule has 24 heavy (non-hydrogen) atoms. The highest BCUT2D eigenvalue weighted by Crippen LogP contribution is 2.33. The number of carbonyl (C=O) groups is 3. The second kappa shape index (κ2) is 6.84. The van der Waals surface area contributed by atoms with Crippen LogP contribution in [0.2, 0.25) is 0 Å². The fraction of sp³-hybridized carbons (Fsp3) is 0.235. The van der Waals surface area contributed by atoms with Crippen LogP contribution in [0.15, 0.2) is 41.1 Å². The van der Waals surface area contributed by atoms with Gasteiger partial charge < -0.3 is 16.0 Å². The third-order valence-corrected chi connectivity index (χ3v) is 4.74. The van der Waals surface area contributed by atoms with E-state index >= 15 is 0 Å². The van der Waals surface area contributed by atoms with E-state index in [1.165, 1.54) is 6.07 Å². The molecule has 7 heteroatoms. The highest BCUT2D eigenvalue weighted by molar-refractivity contribution is 7.08. The van der Waals surface area contributed by atoms with Gasteiger partial charge in [0.05, 0.1) is 6.04 Å². The standard InChI is InChI=1S/C17H17N3O3S/c18-15(21)11-3-1-4-13(9-11)19-16(22)17(23)20-7-2-5-14(20)12-6-8-24-10-12/h1,3-4,6,8-10,14H,2,5,7H2,(H2,18,21)(H,19,22). The number of nitrogens with zero attached hydrogens (tertiary/aromatic N) is 1. The van der Waals surface area contributed by atoms with Crippen molar-refractivity contribution in [2.75, 3.05) is 11.9 Å². The summed E-state index contributed by atoms with van der Waals surface area (Å²) in [6.45, 7) is 0.564. The number of thiophene rings is 1. The summed E-state index contributed by atoms with van der Waals surface area (Å²) in [5.41, 5.74) is 6.93. The van der Waals surface area contributed by atoms with Crippen LogP contribution >= 0.6 is 11.3 Å². The van der Waals surface area contributed by atoms with Gasteiger partial charge in [-0.15, -0.1) is 0 Å². The minimum absolute atomic E-state index is 0.0496. The van der Waals surface area contributed by atoms with Gasteiger partial charge in [-0.1, -0.05) is 6.07 Å². The molecule has 1 aromatic carbocycles. The molecule has 0 bridgehead atoms. The van der Waals surface area contributed by atoms with Crippen LogP contribution in [0.3, 0.4) is 0 Å². The van der Waals surface area contributed by atoms with Gasteiger partial charge in [-0.05, 0) is 53.4 Å². The third kappa shape index (κ3) is 3.30. The largest absolute Gasteiger partial charge is 0.366 e. The molecule has 124 valence electrons. The summed E-state index contributed by atoms with van der Waals surface area (Å²) in [5, 5.41) is 6.51. The zero-order chi connectivity index (χ0) is 17.1. The van der Waals surface area contributed by atoms with E-state index in [4.69, 9.17) is 5.73 Å². The molecular formula is C17H17N3O3S. The normalized spacial score (nSPS) is 16.8. The molecule has 3 N–H and O–H groups in total. The molecule has 1 saturated heterocycles. The lowest BCUT2D eigenvalue weighted by Crippen LogP contribution is -2.39. The number of hydrogen-bond donors (Lipinski definition) is 2. The summed E-state index contributed by atoms with van der Waals surface area (Å²) in [7, 11) is 0. The summed E-state index contributed by atoms with van der Waals surface area (Å²) >= 11 is 1.57. The van der Waals surface area contributed by atoms with E-state index in [2.05, 4.69) is 5.32 Å². The van der Waals surface area contributed by atoms with Crippen LogP contribution in [0, 0.1) is 0 Å². The maximum Gasteiger partial charge on any atom is 0.313 e. The van der Waals surface area contributed by atoms with Gasteiger partial charge in [0.25, 0.3) is 0 Å². The van der Waals surface area contributed by atoms with Crippen molar-refractivity contribution in [3.63, 3.8) is 0 Å². The number of nitrogens with one attached hydrogen (secondary N) is 1. The summed E-state index contributed by atoms with van der Waals surface area (Å²) in [5.74, 6) is -1.86. The SMILES string of the molecule is NC(=O)c1cccc(NC(=O)C(=O)N2CCCC2c2ccsc2)c1. The fourth-order valence-electron chi connectivity index (χ4n) is 2.89. The lowest BCUT2D eigenvalue weighted by Gasteiger charge is -2.23. The van der Waals surface area contributed by atoms with Gasteiger partial charge in [0.2, 0.25) is 5.91 Å². The van der Waals surface area contributed by atoms with E-state index in [-0.39, 0.29) is 11.6 Å². The third-order valence-electron chi connectivity index (χ3n) is 4.04. The molecule has 1 aliphatic heterocycles. The zero-order valence-corrected chi connectivity index (χ0v) is 13.7. The van der Waals surface area contributed by atoms with Crippen LogP contribution in [0.4, 0.5) is 5.69 Å². The van der Waals surface area contributed by atoms with Crippen molar-refractivity contribution in [3.8, 4) is 0 Å². The van der Waals surface area contributed by atoms with Gasteiger partial charge in [-0.3, -0.25) is 14.4 Å². The number of rotatable bonds is 3. The Balaban J connectivity index is 1.72. The molecule has 1 fully saturated rings. The van der Waals surface area contributed by atoms with E-state index in [1.54, 1.807) is 34.4 Å². The first-order valence-electron chi connectivity index (χ1n) is 7.60. The second-order valence-corrected chi connectivity index (χ2v) is 6.39. The number of primary amides is 1. The van der Waals surface area contributed by atoms with Crippen LogP contribution in [0.5, 0.6) is 0 Å². The number of hydrogen-bond acceptors (Lipinski definition) is 4. The summed E-state index contributed by atoms with van der Waals surface area (Å²) < 4.78 is 0. The molecule has 3 amide bonds. The Bertz CT molecular complexity index is 773. The molecule has 2 aromatic rings. The lowest BCUT2D eigenvalue weighted by atomic mass is 10.1. The summed E-state index contributed by atoms with van der Waals surface area (Å²) in [6, 6.07) is 8.14. The summed E-state index contributed by atoms with van der Waals surface area (Å²) in [4.78, 5) is 37.6. The molecule has 0 aliphatic carbocycles.